The second-order valence-electron chi connectivity index (χ2n) is 8.99. The average molecular weight is 580 g/mol. The smallest absolute Gasteiger partial charge is 0.377 e. The molecule has 2 fully saturated rings. The van der Waals surface area contributed by atoms with Gasteiger partial charge in [0.15, 0.2) is 0 Å². The molecule has 0 spiro atoms. The van der Waals surface area contributed by atoms with Gasteiger partial charge in [0, 0.05) is 19.5 Å². The van der Waals surface area contributed by atoms with Gasteiger partial charge in [0.1, 0.15) is 17.9 Å². The van der Waals surface area contributed by atoms with Gasteiger partial charge >= 0.3 is 23.9 Å². The van der Waals surface area contributed by atoms with Crippen molar-refractivity contribution in [2.45, 2.75) is 31.7 Å². The number of carbonyl (C=O) groups excluding carboxylic acids is 3. The number of halogens is 7. The first kappa shape index (κ1) is 29.0. The number of amides is 2. The van der Waals surface area contributed by atoms with Gasteiger partial charge in [0.05, 0.1) is 30.5 Å². The molecule has 1 aromatic heterocycles. The van der Waals surface area contributed by atoms with Crippen molar-refractivity contribution in [1.29, 1.82) is 0 Å². The molecule has 40 heavy (non-hydrogen) atoms. The minimum atomic E-state index is -5.65. The van der Waals surface area contributed by atoms with Gasteiger partial charge in [0.25, 0.3) is 5.91 Å². The first-order valence-electron chi connectivity index (χ1n) is 11.5. The summed E-state index contributed by atoms with van der Waals surface area (Å²) in [4.78, 5) is 54.6. The number of morpholine rings is 1. The van der Waals surface area contributed by atoms with Gasteiger partial charge < -0.3 is 19.4 Å². The molecule has 10 nitrogen and oxygen atoms in total. The zero-order valence-corrected chi connectivity index (χ0v) is 20.4. The molecule has 0 aliphatic carbocycles. The van der Waals surface area contributed by atoms with Crippen LogP contribution >= 0.6 is 0 Å². The monoisotopic (exact) mass is 580 g/mol. The predicted molar refractivity (Wildman–Crippen MR) is 117 cm³/mol. The van der Waals surface area contributed by atoms with Crippen LogP contribution in [0.25, 0.3) is 0 Å². The van der Waals surface area contributed by atoms with Crippen molar-refractivity contribution < 1.29 is 54.7 Å². The van der Waals surface area contributed by atoms with Gasteiger partial charge in [-0.25, -0.2) is 9.18 Å². The molecule has 2 saturated heterocycles. The molecule has 2 aromatic rings. The molecule has 0 radical (unpaired) electrons. The fourth-order valence-electron chi connectivity index (χ4n) is 4.40. The van der Waals surface area contributed by atoms with E-state index in [2.05, 4.69) is 9.94 Å². The number of rotatable bonds is 4. The van der Waals surface area contributed by atoms with Crippen LogP contribution < -0.4 is 10.4 Å². The molecule has 1 atom stereocenters. The normalized spacial score (nSPS) is 18.0. The van der Waals surface area contributed by atoms with Gasteiger partial charge in [-0.15, -0.1) is 5.10 Å². The van der Waals surface area contributed by atoms with E-state index >= 15 is 0 Å². The lowest BCUT2D eigenvalue weighted by Crippen LogP contribution is -2.61. The molecule has 2 aliphatic rings. The number of hydrogen-bond acceptors (Lipinski definition) is 7. The summed E-state index contributed by atoms with van der Waals surface area (Å²) >= 11 is 0. The number of hydrogen-bond donors (Lipinski definition) is 0. The molecule has 216 valence electrons. The molecule has 17 heteroatoms. The minimum Gasteiger partial charge on any atom is -0.377 e. The molecule has 2 aliphatic heterocycles. The second-order valence-corrected chi connectivity index (χ2v) is 8.99. The van der Waals surface area contributed by atoms with Gasteiger partial charge in [-0.3, -0.25) is 14.4 Å². The van der Waals surface area contributed by atoms with Crippen LogP contribution in [-0.2, 0) is 26.9 Å². The Kier molecular flexibility index (Phi) is 7.62. The second kappa shape index (κ2) is 10.5. The van der Waals surface area contributed by atoms with Crippen LogP contribution in [0.15, 0.2) is 23.0 Å². The van der Waals surface area contributed by atoms with Crippen molar-refractivity contribution in [2.75, 3.05) is 32.8 Å². The molecule has 1 unspecified atom stereocenters. The number of aromatic nitrogens is 2. The maximum atomic E-state index is 14.7. The molecule has 0 saturated carbocycles. The lowest BCUT2D eigenvalue weighted by Gasteiger charge is -2.43. The van der Waals surface area contributed by atoms with Crippen molar-refractivity contribution in [3.63, 3.8) is 0 Å². The summed E-state index contributed by atoms with van der Waals surface area (Å²) in [5, 5.41) is 3.34. The molecule has 2 amide bonds. The van der Waals surface area contributed by atoms with E-state index in [0.29, 0.717) is 13.2 Å². The predicted octanol–water partition coefficient (Wildman–Crippen LogP) is 1.50. The zero-order valence-electron chi connectivity index (χ0n) is 20.4. The van der Waals surface area contributed by atoms with E-state index in [4.69, 9.17) is 4.74 Å². The Morgan fingerprint density at radius 1 is 1.15 bits per heavy atom. The Balaban J connectivity index is 1.67. The van der Waals surface area contributed by atoms with Crippen molar-refractivity contribution in [3.05, 3.63) is 62.3 Å². The van der Waals surface area contributed by atoms with Gasteiger partial charge in [-0.1, -0.05) is 6.07 Å². The van der Waals surface area contributed by atoms with Gasteiger partial charge in [-0.2, -0.15) is 26.3 Å². The van der Waals surface area contributed by atoms with Crippen molar-refractivity contribution in [1.82, 2.24) is 19.7 Å². The Hall–Kier alpha value is -4.02. The molecule has 1 aromatic carbocycles. The number of ether oxygens (including phenoxy) is 1. The van der Waals surface area contributed by atoms with Crippen molar-refractivity contribution in [2.24, 2.45) is 0 Å². The lowest BCUT2D eigenvalue weighted by molar-refractivity contribution is -0.202. The lowest BCUT2D eigenvalue weighted by atomic mass is 10.0. The van der Waals surface area contributed by atoms with Gasteiger partial charge in [0.2, 0.25) is 5.91 Å². The Morgan fingerprint density at radius 2 is 1.85 bits per heavy atom. The third-order valence-electron chi connectivity index (χ3n) is 6.32. The van der Waals surface area contributed by atoms with Crippen LogP contribution in [0.2, 0.25) is 0 Å². The van der Waals surface area contributed by atoms with Crippen LogP contribution in [0.4, 0.5) is 30.7 Å². The van der Waals surface area contributed by atoms with E-state index in [-0.39, 0.29) is 31.2 Å². The van der Waals surface area contributed by atoms with Crippen molar-refractivity contribution >= 4 is 17.8 Å². The number of alkyl halides is 6. The van der Waals surface area contributed by atoms with E-state index < -0.39 is 75.3 Å². The summed E-state index contributed by atoms with van der Waals surface area (Å²) in [5.41, 5.74) is -6.07. The molecular weight excluding hydrogens is 561 g/mol. The summed E-state index contributed by atoms with van der Waals surface area (Å²) in [5.74, 6) is -5.26. The molecule has 4 rings (SSSR count). The Morgan fingerprint density at radius 3 is 2.50 bits per heavy atom. The maximum absolute atomic E-state index is 14.7. The number of benzene rings is 1. The highest BCUT2D eigenvalue weighted by Gasteiger charge is 2.44. The number of fused-ring (bicyclic) bond motifs is 1. The largest absolute Gasteiger partial charge is 0.493 e. The quantitative estimate of drug-likeness (QED) is 0.505. The third kappa shape index (κ3) is 5.78. The highest BCUT2D eigenvalue weighted by molar-refractivity contribution is 5.97. The average Bonchev–Trinajstić information content (AvgIpc) is 2.86. The third-order valence-corrected chi connectivity index (χ3v) is 6.32. The fraction of sp³-hybridized carbons (Fsp3) is 0.435. The van der Waals surface area contributed by atoms with Crippen molar-refractivity contribution in [3.8, 4) is 0 Å². The number of carbonyl (C=O) groups is 3. The fourth-order valence-corrected chi connectivity index (χ4v) is 4.40. The summed E-state index contributed by atoms with van der Waals surface area (Å²) in [6.07, 6.45) is -11.7. The summed E-state index contributed by atoms with van der Waals surface area (Å²) in [6.45, 7) is 1.36. The SMILES string of the molecule is Cc1c(Cc2ccc(F)c(C(=O)N3CC(=O)N4CCOCC4C3)c2)nn(OC(=O)C(F)(F)F)c(=O)c1C(F)(F)F. The minimum absolute atomic E-state index is 0.0215. The molecule has 3 heterocycles. The zero-order chi connectivity index (χ0) is 29.6. The first-order chi connectivity index (χ1) is 18.6. The summed E-state index contributed by atoms with van der Waals surface area (Å²) in [7, 11) is 0. The summed E-state index contributed by atoms with van der Waals surface area (Å²) in [6, 6.07) is 2.45. The van der Waals surface area contributed by atoms with Crippen LogP contribution in [0, 0.1) is 12.7 Å². The van der Waals surface area contributed by atoms with E-state index in [1.807, 2.05) is 0 Å². The van der Waals surface area contributed by atoms with Gasteiger partial charge in [-0.05, 0) is 35.0 Å². The topological polar surface area (TPSA) is 111 Å². The van der Waals surface area contributed by atoms with Crippen LogP contribution in [0.1, 0.15) is 32.7 Å². The highest BCUT2D eigenvalue weighted by atomic mass is 19.4. The van der Waals surface area contributed by atoms with E-state index in [0.717, 1.165) is 30.0 Å². The standard InChI is InChI=1S/C23H19F7N4O6/c1-11-16(31-34(40-21(38)23(28,29)30)20(37)18(11)22(25,26)27)7-12-2-3-15(24)14(6-12)19(36)32-8-13-10-39-5-4-33(13)17(35)9-32/h2-3,6,13H,4-5,7-10H2,1H3. The highest BCUT2D eigenvalue weighted by Crippen LogP contribution is 2.31. The first-order valence-corrected chi connectivity index (χ1v) is 11.5. The Bertz CT molecular complexity index is 1420. The summed E-state index contributed by atoms with van der Waals surface area (Å²) < 4.78 is 98.7. The molecule has 0 N–H and O–H groups in total. The van der Waals surface area contributed by atoms with Crippen LogP contribution in [0.3, 0.4) is 0 Å². The van der Waals surface area contributed by atoms with E-state index in [1.165, 1.54) is 0 Å². The molecular formula is C23H19F7N4O6. The maximum Gasteiger partial charge on any atom is 0.493 e. The van der Waals surface area contributed by atoms with E-state index in [1.54, 1.807) is 4.90 Å². The molecule has 0 bridgehead atoms. The van der Waals surface area contributed by atoms with E-state index in [9.17, 15) is 49.9 Å². The number of piperazine rings is 1. The van der Waals surface area contributed by atoms with Crippen LogP contribution in [0.5, 0.6) is 0 Å². The van der Waals surface area contributed by atoms with Crippen LogP contribution in [-0.4, -0.2) is 82.6 Å². The number of nitrogens with zero attached hydrogens (tertiary/aromatic N) is 4. The Labute approximate surface area is 219 Å².